The Bertz CT molecular complexity index is 930. The van der Waals surface area contributed by atoms with E-state index in [2.05, 4.69) is 35.8 Å². The highest BCUT2D eigenvalue weighted by Crippen LogP contribution is 2.26. The van der Waals surface area contributed by atoms with Crippen molar-refractivity contribution in [2.45, 2.75) is 45.1 Å². The quantitative estimate of drug-likeness (QED) is 0.516. The smallest absolute Gasteiger partial charge is 0.267 e. The maximum absolute atomic E-state index is 12.4. The van der Waals surface area contributed by atoms with E-state index < -0.39 is 5.91 Å². The van der Waals surface area contributed by atoms with E-state index in [-0.39, 0.29) is 11.6 Å². The largest absolute Gasteiger partial charge is 0.383 e. The van der Waals surface area contributed by atoms with Gasteiger partial charge in [-0.25, -0.2) is 0 Å². The molecule has 28 heavy (non-hydrogen) atoms. The average Bonchev–Trinajstić information content (AvgIpc) is 2.72. The highest BCUT2D eigenvalue weighted by Gasteiger charge is 2.15. The Kier molecular flexibility index (Phi) is 6.73. The van der Waals surface area contributed by atoms with Crippen molar-refractivity contribution >= 4 is 23.2 Å². The van der Waals surface area contributed by atoms with E-state index in [4.69, 9.17) is 11.6 Å². The van der Waals surface area contributed by atoms with Crippen LogP contribution in [-0.4, -0.2) is 5.91 Å². The number of fused-ring (bicyclic) bond motifs is 1. The number of nitrogens with one attached hydrogen (secondary N) is 2. The lowest BCUT2D eigenvalue weighted by atomic mass is 9.89. The van der Waals surface area contributed by atoms with Gasteiger partial charge in [-0.3, -0.25) is 4.79 Å². The third-order valence-electron chi connectivity index (χ3n) is 5.10. The van der Waals surface area contributed by atoms with Crippen LogP contribution in [0.1, 0.15) is 48.9 Å². The number of nitriles is 1. The van der Waals surface area contributed by atoms with E-state index in [1.165, 1.54) is 35.7 Å². The lowest BCUT2D eigenvalue weighted by Crippen LogP contribution is -2.20. The molecule has 1 atom stereocenters. The summed E-state index contributed by atoms with van der Waals surface area (Å²) in [5.74, 6) is -0.483. The van der Waals surface area contributed by atoms with Gasteiger partial charge in [-0.15, -0.1) is 0 Å². The van der Waals surface area contributed by atoms with Gasteiger partial charge < -0.3 is 10.6 Å². The first-order chi connectivity index (χ1) is 13.6. The van der Waals surface area contributed by atoms with Crippen LogP contribution in [0, 0.1) is 11.3 Å². The molecule has 1 aliphatic rings. The fourth-order valence-corrected chi connectivity index (χ4v) is 3.69. The Hall–Kier alpha value is -2.77. The van der Waals surface area contributed by atoms with E-state index >= 15 is 0 Å². The number of benzene rings is 2. The van der Waals surface area contributed by atoms with Crippen molar-refractivity contribution in [3.63, 3.8) is 0 Å². The van der Waals surface area contributed by atoms with Crippen LogP contribution < -0.4 is 10.6 Å². The number of carbonyl (C=O) groups excluding carboxylic acids is 1. The van der Waals surface area contributed by atoms with Crippen LogP contribution in [0.25, 0.3) is 0 Å². The molecule has 2 aromatic carbocycles. The van der Waals surface area contributed by atoms with Gasteiger partial charge in [0.05, 0.1) is 16.8 Å². The molecule has 0 saturated heterocycles. The van der Waals surface area contributed by atoms with E-state index in [1.54, 1.807) is 24.3 Å². The molecule has 0 bridgehead atoms. The third kappa shape index (κ3) is 4.74. The summed E-state index contributed by atoms with van der Waals surface area (Å²) in [6.45, 7) is 2.08. The van der Waals surface area contributed by atoms with Crippen LogP contribution in [0.5, 0.6) is 0 Å². The van der Waals surface area contributed by atoms with Crippen molar-refractivity contribution in [1.29, 1.82) is 5.26 Å². The van der Waals surface area contributed by atoms with Crippen molar-refractivity contribution in [1.82, 2.24) is 5.32 Å². The molecule has 3 rings (SSSR count). The number of hydrogen-bond acceptors (Lipinski definition) is 3. The molecule has 1 unspecified atom stereocenters. The molecule has 2 N–H and O–H groups in total. The normalized spacial score (nSPS) is 14.5. The second-order valence-corrected chi connectivity index (χ2v) is 7.37. The highest BCUT2D eigenvalue weighted by atomic mass is 35.5. The molecule has 0 heterocycles. The Balaban J connectivity index is 1.72. The minimum absolute atomic E-state index is 0.0105. The second-order valence-electron chi connectivity index (χ2n) is 6.97. The lowest BCUT2D eigenvalue weighted by molar-refractivity contribution is -0.112. The van der Waals surface area contributed by atoms with E-state index in [0.717, 1.165) is 19.3 Å². The maximum atomic E-state index is 12.4. The van der Waals surface area contributed by atoms with Gasteiger partial charge >= 0.3 is 0 Å². The summed E-state index contributed by atoms with van der Waals surface area (Å²) >= 11 is 6.07. The molecule has 0 aromatic heterocycles. The van der Waals surface area contributed by atoms with Gasteiger partial charge in [0.1, 0.15) is 11.6 Å². The summed E-state index contributed by atoms with van der Waals surface area (Å²) in [5, 5.41) is 15.8. The van der Waals surface area contributed by atoms with Gasteiger partial charge in [0, 0.05) is 6.20 Å². The number of carbonyl (C=O) groups is 1. The van der Waals surface area contributed by atoms with Crippen LogP contribution >= 0.6 is 11.6 Å². The molecule has 0 saturated carbocycles. The average molecular weight is 394 g/mol. The number of aryl methyl sites for hydroxylation is 2. The SMILES string of the molecule is CCC(N/C=C(/C#N)C(=O)Nc1ccccc1Cl)c1ccc2c(c1)CCCC2. The first kappa shape index (κ1) is 20.0. The molecule has 4 nitrogen and oxygen atoms in total. The summed E-state index contributed by atoms with van der Waals surface area (Å²) in [6, 6.07) is 15.6. The molecule has 0 radical (unpaired) electrons. The van der Waals surface area contributed by atoms with Crippen molar-refractivity contribution in [3.8, 4) is 6.07 Å². The molecule has 0 fully saturated rings. The maximum Gasteiger partial charge on any atom is 0.267 e. The molecule has 0 spiro atoms. The summed E-state index contributed by atoms with van der Waals surface area (Å²) in [4.78, 5) is 12.4. The number of para-hydroxylation sites is 1. The van der Waals surface area contributed by atoms with Crippen LogP contribution in [-0.2, 0) is 17.6 Å². The second kappa shape index (κ2) is 9.43. The summed E-state index contributed by atoms with van der Waals surface area (Å²) < 4.78 is 0. The van der Waals surface area contributed by atoms with Crippen molar-refractivity contribution in [2.75, 3.05) is 5.32 Å². The lowest BCUT2D eigenvalue weighted by Gasteiger charge is -2.21. The minimum Gasteiger partial charge on any atom is -0.383 e. The van der Waals surface area contributed by atoms with Crippen LogP contribution in [0.3, 0.4) is 0 Å². The van der Waals surface area contributed by atoms with Crippen LogP contribution in [0.15, 0.2) is 54.2 Å². The van der Waals surface area contributed by atoms with Crippen LogP contribution in [0.4, 0.5) is 5.69 Å². The fourth-order valence-electron chi connectivity index (χ4n) is 3.50. The fraction of sp³-hybridized carbons (Fsp3) is 0.304. The molecule has 2 aromatic rings. The predicted octanol–water partition coefficient (Wildman–Crippen LogP) is 5.31. The Morgan fingerprint density at radius 3 is 2.68 bits per heavy atom. The van der Waals surface area contributed by atoms with Gasteiger partial charge in [0.25, 0.3) is 5.91 Å². The van der Waals surface area contributed by atoms with Gasteiger partial charge in [-0.1, -0.05) is 48.9 Å². The minimum atomic E-state index is -0.483. The first-order valence-corrected chi connectivity index (χ1v) is 10.0. The standard InChI is InChI=1S/C23H24ClN3O/c1-2-21(18-12-11-16-7-3-4-8-17(16)13-18)26-15-19(14-25)23(28)27-22-10-6-5-9-20(22)24/h5-6,9-13,15,21,26H,2-4,7-8H2,1H3,(H,27,28)/b19-15-. The van der Waals surface area contributed by atoms with Crippen molar-refractivity contribution < 1.29 is 4.79 Å². The third-order valence-corrected chi connectivity index (χ3v) is 5.43. The number of amides is 1. The Labute approximate surface area is 171 Å². The zero-order chi connectivity index (χ0) is 19.9. The number of anilines is 1. The van der Waals surface area contributed by atoms with E-state index in [9.17, 15) is 10.1 Å². The zero-order valence-electron chi connectivity index (χ0n) is 16.0. The van der Waals surface area contributed by atoms with Crippen LogP contribution in [0.2, 0.25) is 5.02 Å². The summed E-state index contributed by atoms with van der Waals surface area (Å²) in [5.41, 5.74) is 4.54. The molecular formula is C23H24ClN3O. The predicted molar refractivity (Wildman–Crippen MR) is 113 cm³/mol. The highest BCUT2D eigenvalue weighted by molar-refractivity contribution is 6.33. The number of halogens is 1. The van der Waals surface area contributed by atoms with Gasteiger partial charge in [0.2, 0.25) is 0 Å². The molecule has 5 heteroatoms. The monoisotopic (exact) mass is 393 g/mol. The Morgan fingerprint density at radius 2 is 1.96 bits per heavy atom. The van der Waals surface area contributed by atoms with Crippen molar-refractivity contribution in [2.24, 2.45) is 0 Å². The van der Waals surface area contributed by atoms with E-state index in [1.807, 2.05) is 6.07 Å². The topological polar surface area (TPSA) is 64.9 Å². The molecule has 1 amide bonds. The Morgan fingerprint density at radius 1 is 1.21 bits per heavy atom. The summed E-state index contributed by atoms with van der Waals surface area (Å²) in [6.07, 6.45) is 7.12. The number of rotatable bonds is 6. The molecule has 1 aliphatic carbocycles. The van der Waals surface area contributed by atoms with Gasteiger partial charge in [-0.2, -0.15) is 5.26 Å². The number of hydrogen-bond donors (Lipinski definition) is 2. The molecule has 0 aliphatic heterocycles. The zero-order valence-corrected chi connectivity index (χ0v) is 16.7. The van der Waals surface area contributed by atoms with Gasteiger partial charge in [-0.05, 0) is 60.9 Å². The number of nitrogens with zero attached hydrogens (tertiary/aromatic N) is 1. The first-order valence-electron chi connectivity index (χ1n) is 9.66. The van der Waals surface area contributed by atoms with E-state index in [0.29, 0.717) is 10.7 Å². The molecular weight excluding hydrogens is 370 g/mol. The summed E-state index contributed by atoms with van der Waals surface area (Å²) in [7, 11) is 0. The van der Waals surface area contributed by atoms with Gasteiger partial charge in [0.15, 0.2) is 0 Å². The van der Waals surface area contributed by atoms with Crippen molar-refractivity contribution in [3.05, 3.63) is 76.0 Å². The molecule has 144 valence electrons.